The van der Waals surface area contributed by atoms with Crippen molar-refractivity contribution >= 4 is 27.4 Å². The van der Waals surface area contributed by atoms with Crippen LogP contribution < -0.4 is 4.74 Å². The number of Topliss-reactive ketones (excluding diaryl/α,β-unsaturated/α-hetero) is 1. The van der Waals surface area contributed by atoms with E-state index in [9.17, 15) is 13.2 Å². The first kappa shape index (κ1) is 23.7. The molecule has 34 heavy (non-hydrogen) atoms. The molecule has 0 unspecified atom stereocenters. The number of pyridine rings is 1. The highest BCUT2D eigenvalue weighted by molar-refractivity contribution is 7.99. The molecule has 0 saturated carbocycles. The van der Waals surface area contributed by atoms with Crippen LogP contribution in [0.3, 0.4) is 0 Å². The Bertz CT molecular complexity index is 1390. The second-order valence-corrected chi connectivity index (χ2v) is 10.3. The second kappa shape index (κ2) is 10.2. The van der Waals surface area contributed by atoms with E-state index in [2.05, 4.69) is 15.2 Å². The van der Waals surface area contributed by atoms with Crippen LogP contribution in [0, 0.1) is 0 Å². The zero-order chi connectivity index (χ0) is 24.1. The van der Waals surface area contributed by atoms with Gasteiger partial charge in [-0.1, -0.05) is 23.9 Å². The van der Waals surface area contributed by atoms with Gasteiger partial charge < -0.3 is 4.74 Å². The van der Waals surface area contributed by atoms with Crippen molar-refractivity contribution in [3.8, 4) is 22.8 Å². The first-order valence-corrected chi connectivity index (χ1v) is 13.3. The summed E-state index contributed by atoms with van der Waals surface area (Å²) in [5.74, 6) is 1.32. The lowest BCUT2D eigenvalue weighted by Gasteiger charge is -2.11. The Morgan fingerprint density at radius 3 is 2.38 bits per heavy atom. The van der Waals surface area contributed by atoms with Crippen LogP contribution in [0.15, 0.2) is 83.1 Å². The first-order chi connectivity index (χ1) is 16.4. The molecule has 0 N–H and O–H groups in total. The number of benzene rings is 2. The highest BCUT2D eigenvalue weighted by Gasteiger charge is 2.18. The predicted molar refractivity (Wildman–Crippen MR) is 130 cm³/mol. The molecule has 0 atom stereocenters. The SMILES string of the molecule is CCOc1ccc(-n2c(SCC(=O)c3ccc(S(C)(=O)=O)cc3)nnc2-c2cccnc2)cc1. The summed E-state index contributed by atoms with van der Waals surface area (Å²) in [5.41, 5.74) is 2.04. The summed E-state index contributed by atoms with van der Waals surface area (Å²) in [5, 5.41) is 9.22. The summed E-state index contributed by atoms with van der Waals surface area (Å²) in [6.07, 6.45) is 4.52. The van der Waals surface area contributed by atoms with Gasteiger partial charge >= 0.3 is 0 Å². The Morgan fingerprint density at radius 2 is 1.76 bits per heavy atom. The van der Waals surface area contributed by atoms with Crippen LogP contribution in [-0.2, 0) is 9.84 Å². The lowest BCUT2D eigenvalue weighted by atomic mass is 10.1. The number of sulfone groups is 1. The molecule has 4 rings (SSSR count). The van der Waals surface area contributed by atoms with Crippen molar-refractivity contribution < 1.29 is 17.9 Å². The first-order valence-electron chi connectivity index (χ1n) is 10.4. The van der Waals surface area contributed by atoms with Gasteiger partial charge in [-0.2, -0.15) is 0 Å². The molecule has 0 aliphatic heterocycles. The Hall–Kier alpha value is -3.50. The molecule has 4 aromatic rings. The molecule has 2 heterocycles. The van der Waals surface area contributed by atoms with Gasteiger partial charge in [-0.15, -0.1) is 10.2 Å². The maximum Gasteiger partial charge on any atom is 0.196 e. The van der Waals surface area contributed by atoms with Crippen molar-refractivity contribution in [2.45, 2.75) is 17.0 Å². The molecule has 0 spiro atoms. The van der Waals surface area contributed by atoms with Gasteiger partial charge in [0.05, 0.1) is 17.3 Å². The molecule has 0 fully saturated rings. The van der Waals surface area contributed by atoms with Crippen LogP contribution in [-0.4, -0.2) is 52.6 Å². The normalized spacial score (nSPS) is 11.4. The molecule has 0 saturated heterocycles. The fraction of sp³-hybridized carbons (Fsp3) is 0.167. The smallest absolute Gasteiger partial charge is 0.196 e. The number of hydrogen-bond donors (Lipinski definition) is 0. The Labute approximate surface area is 201 Å². The van der Waals surface area contributed by atoms with E-state index in [0.717, 1.165) is 23.3 Å². The van der Waals surface area contributed by atoms with E-state index in [1.807, 2.05) is 47.9 Å². The van der Waals surface area contributed by atoms with Crippen LogP contribution in [0.1, 0.15) is 17.3 Å². The average molecular weight is 495 g/mol. The van der Waals surface area contributed by atoms with Gasteiger partial charge in [-0.05, 0) is 55.5 Å². The Kier molecular flexibility index (Phi) is 7.09. The van der Waals surface area contributed by atoms with Crippen molar-refractivity contribution in [2.75, 3.05) is 18.6 Å². The molecule has 0 amide bonds. The minimum Gasteiger partial charge on any atom is -0.494 e. The number of rotatable bonds is 9. The number of carbonyl (C=O) groups is 1. The van der Waals surface area contributed by atoms with Gasteiger partial charge in [0.1, 0.15) is 5.75 Å². The Balaban J connectivity index is 1.61. The maximum absolute atomic E-state index is 12.8. The number of thioether (sulfide) groups is 1. The number of ketones is 1. The summed E-state index contributed by atoms with van der Waals surface area (Å²) in [6.45, 7) is 2.50. The molecule has 0 aliphatic rings. The van der Waals surface area contributed by atoms with E-state index in [1.165, 1.54) is 36.0 Å². The van der Waals surface area contributed by atoms with Crippen molar-refractivity contribution in [1.29, 1.82) is 0 Å². The van der Waals surface area contributed by atoms with E-state index in [0.29, 0.717) is 23.2 Å². The monoisotopic (exact) mass is 494 g/mol. The molecule has 0 radical (unpaired) electrons. The maximum atomic E-state index is 12.8. The highest BCUT2D eigenvalue weighted by atomic mass is 32.2. The van der Waals surface area contributed by atoms with Crippen LogP contribution in [0.4, 0.5) is 0 Å². The summed E-state index contributed by atoms with van der Waals surface area (Å²) in [7, 11) is -3.32. The zero-order valence-corrected chi connectivity index (χ0v) is 20.2. The van der Waals surface area contributed by atoms with Crippen LogP contribution in [0.25, 0.3) is 17.1 Å². The third-order valence-electron chi connectivity index (χ3n) is 4.90. The van der Waals surface area contributed by atoms with Gasteiger partial charge in [0.15, 0.2) is 26.6 Å². The van der Waals surface area contributed by atoms with E-state index in [4.69, 9.17) is 4.74 Å². The lowest BCUT2D eigenvalue weighted by Crippen LogP contribution is -2.06. The van der Waals surface area contributed by atoms with Gasteiger partial charge in [0, 0.05) is 35.5 Å². The number of ether oxygens (including phenoxy) is 1. The van der Waals surface area contributed by atoms with Crippen LogP contribution >= 0.6 is 11.8 Å². The number of carbonyl (C=O) groups excluding carboxylic acids is 1. The third-order valence-corrected chi connectivity index (χ3v) is 6.95. The van der Waals surface area contributed by atoms with Gasteiger partial charge in [0.2, 0.25) is 0 Å². The van der Waals surface area contributed by atoms with Gasteiger partial charge in [-0.25, -0.2) is 8.42 Å². The average Bonchev–Trinajstić information content (AvgIpc) is 3.27. The predicted octanol–water partition coefficient (Wildman–Crippen LogP) is 4.11. The molecular weight excluding hydrogens is 472 g/mol. The fourth-order valence-corrected chi connectivity index (χ4v) is 4.71. The summed E-state index contributed by atoms with van der Waals surface area (Å²) < 4.78 is 30.7. The molecule has 8 nitrogen and oxygen atoms in total. The van der Waals surface area contributed by atoms with Crippen molar-refractivity contribution in [3.63, 3.8) is 0 Å². The van der Waals surface area contributed by atoms with Crippen molar-refractivity contribution in [1.82, 2.24) is 19.7 Å². The summed E-state index contributed by atoms with van der Waals surface area (Å²) >= 11 is 1.25. The van der Waals surface area contributed by atoms with Crippen molar-refractivity contribution in [3.05, 3.63) is 78.6 Å². The Morgan fingerprint density at radius 1 is 1.03 bits per heavy atom. The summed E-state index contributed by atoms with van der Waals surface area (Å²) in [4.78, 5) is 17.1. The van der Waals surface area contributed by atoms with E-state index in [-0.39, 0.29) is 16.4 Å². The number of nitrogens with zero attached hydrogens (tertiary/aromatic N) is 4. The molecule has 174 valence electrons. The molecule has 2 aromatic heterocycles. The summed E-state index contributed by atoms with van der Waals surface area (Å²) in [6, 6.07) is 17.2. The largest absolute Gasteiger partial charge is 0.494 e. The lowest BCUT2D eigenvalue weighted by molar-refractivity contribution is 0.102. The minimum atomic E-state index is -3.32. The standard InChI is InChI=1S/C24H22N4O4S2/c1-3-32-20-10-8-19(9-11-20)28-23(18-5-4-14-25-15-18)26-27-24(28)33-16-22(29)17-6-12-21(13-7-17)34(2,30)31/h4-15H,3,16H2,1-2H3. The topological polar surface area (TPSA) is 104 Å². The van der Waals surface area contributed by atoms with E-state index >= 15 is 0 Å². The fourth-order valence-electron chi connectivity index (χ4n) is 3.24. The van der Waals surface area contributed by atoms with E-state index in [1.54, 1.807) is 12.4 Å². The molecule has 0 aliphatic carbocycles. The molecule has 0 bridgehead atoms. The third kappa shape index (κ3) is 5.35. The second-order valence-electron chi connectivity index (χ2n) is 7.32. The van der Waals surface area contributed by atoms with Gasteiger partial charge in [-0.3, -0.25) is 14.3 Å². The number of hydrogen-bond acceptors (Lipinski definition) is 8. The molecule has 10 heteroatoms. The highest BCUT2D eigenvalue weighted by Crippen LogP contribution is 2.29. The zero-order valence-electron chi connectivity index (χ0n) is 18.6. The van der Waals surface area contributed by atoms with Gasteiger partial charge in [0.25, 0.3) is 0 Å². The molecule has 2 aromatic carbocycles. The minimum absolute atomic E-state index is 0.112. The quantitative estimate of drug-likeness (QED) is 0.253. The van der Waals surface area contributed by atoms with Crippen LogP contribution in [0.5, 0.6) is 5.75 Å². The molecular formula is C24H22N4O4S2. The van der Waals surface area contributed by atoms with Crippen LogP contribution in [0.2, 0.25) is 0 Å². The number of aromatic nitrogens is 4. The van der Waals surface area contributed by atoms with Crippen molar-refractivity contribution in [2.24, 2.45) is 0 Å². The van der Waals surface area contributed by atoms with E-state index < -0.39 is 9.84 Å².